The number of aryl methyl sites for hydroxylation is 1. The average Bonchev–Trinajstić information content (AvgIpc) is 2.65. The van der Waals surface area contributed by atoms with Gasteiger partial charge in [-0.05, 0) is 61.7 Å². The fraction of sp³-hybridized carbons (Fsp3) is 0.350. The van der Waals surface area contributed by atoms with Crippen LogP contribution in [0.25, 0.3) is 0 Å². The normalized spacial score (nSPS) is 12.4. The van der Waals surface area contributed by atoms with Crippen LogP contribution in [0, 0.1) is 12.7 Å². The number of rotatable bonds is 9. The van der Waals surface area contributed by atoms with Gasteiger partial charge in [-0.2, -0.15) is 0 Å². The number of carbonyl (C=O) groups excluding carboxylic acids is 1. The monoisotopic (exact) mass is 408 g/mol. The van der Waals surface area contributed by atoms with Crippen molar-refractivity contribution in [3.63, 3.8) is 0 Å². The third kappa shape index (κ3) is 6.03. The van der Waals surface area contributed by atoms with Crippen molar-refractivity contribution in [2.45, 2.75) is 38.1 Å². The number of hydrogen-bond donors (Lipinski definition) is 2. The van der Waals surface area contributed by atoms with Crippen LogP contribution in [0.15, 0.2) is 47.4 Å². The lowest BCUT2D eigenvalue weighted by atomic mass is 10.1. The Hall–Kier alpha value is -2.45. The minimum atomic E-state index is -3.55. The number of hydrogen-bond acceptors (Lipinski definition) is 4. The lowest BCUT2D eigenvalue weighted by Gasteiger charge is -2.15. The Bertz CT molecular complexity index is 914. The minimum absolute atomic E-state index is 0.153. The summed E-state index contributed by atoms with van der Waals surface area (Å²) >= 11 is 0. The van der Waals surface area contributed by atoms with E-state index in [1.165, 1.54) is 30.3 Å². The van der Waals surface area contributed by atoms with Crippen LogP contribution >= 0.6 is 0 Å². The Balaban J connectivity index is 1.94. The highest BCUT2D eigenvalue weighted by Crippen LogP contribution is 2.22. The van der Waals surface area contributed by atoms with Crippen molar-refractivity contribution in [2.75, 3.05) is 13.2 Å². The number of benzene rings is 2. The molecule has 2 aromatic rings. The number of halogens is 1. The van der Waals surface area contributed by atoms with E-state index in [4.69, 9.17) is 4.74 Å². The Labute approximate surface area is 165 Å². The third-order valence-corrected chi connectivity index (χ3v) is 5.56. The summed E-state index contributed by atoms with van der Waals surface area (Å²) in [5, 5.41) is 2.77. The van der Waals surface area contributed by atoms with Gasteiger partial charge < -0.3 is 10.1 Å². The fourth-order valence-electron chi connectivity index (χ4n) is 2.53. The lowest BCUT2D eigenvalue weighted by molar-refractivity contribution is -0.123. The average molecular weight is 408 g/mol. The Morgan fingerprint density at radius 1 is 1.18 bits per heavy atom. The van der Waals surface area contributed by atoms with Crippen LogP contribution in [0.5, 0.6) is 5.75 Å². The smallest absolute Gasteiger partial charge is 0.258 e. The molecule has 0 saturated carbocycles. The summed E-state index contributed by atoms with van der Waals surface area (Å²) < 4.78 is 45.3. The fourth-order valence-corrected chi connectivity index (χ4v) is 3.75. The van der Waals surface area contributed by atoms with E-state index >= 15 is 0 Å². The highest BCUT2D eigenvalue weighted by molar-refractivity contribution is 7.89. The van der Waals surface area contributed by atoms with Crippen molar-refractivity contribution in [3.8, 4) is 5.75 Å². The summed E-state index contributed by atoms with van der Waals surface area (Å²) in [6.45, 7) is 5.54. The number of ether oxygens (including phenoxy) is 1. The van der Waals surface area contributed by atoms with Gasteiger partial charge in [0.1, 0.15) is 11.6 Å². The maximum Gasteiger partial charge on any atom is 0.258 e. The highest BCUT2D eigenvalue weighted by Gasteiger charge is 2.15. The SMILES string of the molecule is CCCNS(=O)(=O)c1ccc(OCC(=O)N[C@H](C)c2ccc(F)cc2)c(C)c1. The second kappa shape index (κ2) is 9.66. The quantitative estimate of drug-likeness (QED) is 0.668. The zero-order valence-electron chi connectivity index (χ0n) is 16.2. The van der Waals surface area contributed by atoms with Crippen LogP contribution in [-0.2, 0) is 14.8 Å². The molecule has 0 unspecified atom stereocenters. The van der Waals surface area contributed by atoms with Crippen molar-refractivity contribution in [3.05, 3.63) is 59.4 Å². The van der Waals surface area contributed by atoms with Gasteiger partial charge in [0.15, 0.2) is 6.61 Å². The van der Waals surface area contributed by atoms with Crippen LogP contribution in [-0.4, -0.2) is 27.5 Å². The first-order valence-corrected chi connectivity index (χ1v) is 10.5. The molecule has 0 spiro atoms. The first-order chi connectivity index (χ1) is 13.2. The van der Waals surface area contributed by atoms with Crippen LogP contribution in [0.1, 0.15) is 37.4 Å². The molecule has 0 aliphatic rings. The van der Waals surface area contributed by atoms with Crippen molar-refractivity contribution in [1.82, 2.24) is 10.0 Å². The molecular weight excluding hydrogens is 383 g/mol. The van der Waals surface area contributed by atoms with Crippen LogP contribution in [0.2, 0.25) is 0 Å². The molecular formula is C20H25FN2O4S. The molecule has 0 aliphatic carbocycles. The van der Waals surface area contributed by atoms with Crippen LogP contribution < -0.4 is 14.8 Å². The van der Waals surface area contributed by atoms with Gasteiger partial charge in [-0.3, -0.25) is 4.79 Å². The van der Waals surface area contributed by atoms with E-state index in [0.29, 0.717) is 24.3 Å². The van der Waals surface area contributed by atoms with Gasteiger partial charge in [-0.15, -0.1) is 0 Å². The summed E-state index contributed by atoms with van der Waals surface area (Å²) in [6, 6.07) is 10.1. The van der Waals surface area contributed by atoms with Gasteiger partial charge in [0, 0.05) is 6.54 Å². The summed E-state index contributed by atoms with van der Waals surface area (Å²) in [5.74, 6) is -0.243. The van der Waals surface area contributed by atoms with Crippen molar-refractivity contribution < 1.29 is 22.3 Å². The molecule has 8 heteroatoms. The summed E-state index contributed by atoms with van der Waals surface area (Å²) in [5.41, 5.74) is 1.39. The molecule has 28 heavy (non-hydrogen) atoms. The predicted octanol–water partition coefficient (Wildman–Crippen LogP) is 3.08. The maximum atomic E-state index is 13.0. The Morgan fingerprint density at radius 3 is 2.46 bits per heavy atom. The highest BCUT2D eigenvalue weighted by atomic mass is 32.2. The molecule has 2 N–H and O–H groups in total. The number of carbonyl (C=O) groups is 1. The van der Waals surface area contributed by atoms with E-state index in [1.807, 2.05) is 6.92 Å². The van der Waals surface area contributed by atoms with E-state index < -0.39 is 10.0 Å². The first kappa shape index (κ1) is 21.8. The lowest BCUT2D eigenvalue weighted by Crippen LogP contribution is -2.31. The largest absolute Gasteiger partial charge is 0.484 e. The summed E-state index contributed by atoms with van der Waals surface area (Å²) in [6.07, 6.45) is 0.699. The molecule has 0 saturated heterocycles. The van der Waals surface area contributed by atoms with Gasteiger partial charge in [0.25, 0.3) is 5.91 Å². The van der Waals surface area contributed by atoms with Crippen molar-refractivity contribution in [1.29, 1.82) is 0 Å². The van der Waals surface area contributed by atoms with E-state index in [0.717, 1.165) is 5.56 Å². The molecule has 152 valence electrons. The van der Waals surface area contributed by atoms with Gasteiger partial charge in [0.2, 0.25) is 10.0 Å². The Morgan fingerprint density at radius 2 is 1.86 bits per heavy atom. The topological polar surface area (TPSA) is 84.5 Å². The zero-order valence-corrected chi connectivity index (χ0v) is 17.0. The van der Waals surface area contributed by atoms with Crippen LogP contribution in [0.3, 0.4) is 0 Å². The van der Waals surface area contributed by atoms with Crippen molar-refractivity contribution >= 4 is 15.9 Å². The molecule has 2 rings (SSSR count). The molecule has 0 aliphatic heterocycles. The molecule has 0 bridgehead atoms. The molecule has 0 fully saturated rings. The first-order valence-electron chi connectivity index (χ1n) is 9.01. The summed E-state index contributed by atoms with van der Waals surface area (Å²) in [4.78, 5) is 12.3. The standard InChI is InChI=1S/C20H25FN2O4S/c1-4-11-22-28(25,26)18-9-10-19(14(2)12-18)27-13-20(24)23-15(3)16-5-7-17(21)8-6-16/h5-10,12,15,22H,4,11,13H2,1-3H3,(H,23,24)/t15-/m1/s1. The molecule has 0 heterocycles. The molecule has 1 amide bonds. The maximum absolute atomic E-state index is 13.0. The van der Waals surface area contributed by atoms with Crippen LogP contribution in [0.4, 0.5) is 4.39 Å². The summed E-state index contributed by atoms with van der Waals surface area (Å²) in [7, 11) is -3.55. The van der Waals surface area contributed by atoms with Gasteiger partial charge in [-0.25, -0.2) is 17.5 Å². The third-order valence-electron chi connectivity index (χ3n) is 4.11. The second-order valence-electron chi connectivity index (χ2n) is 6.45. The van der Waals surface area contributed by atoms with Crippen molar-refractivity contribution in [2.24, 2.45) is 0 Å². The molecule has 1 atom stereocenters. The van der Waals surface area contributed by atoms with E-state index in [9.17, 15) is 17.6 Å². The van der Waals surface area contributed by atoms with E-state index in [2.05, 4.69) is 10.0 Å². The molecule has 2 aromatic carbocycles. The van der Waals surface area contributed by atoms with Gasteiger partial charge in [-0.1, -0.05) is 19.1 Å². The number of nitrogens with one attached hydrogen (secondary N) is 2. The second-order valence-corrected chi connectivity index (χ2v) is 8.22. The van der Waals surface area contributed by atoms with Gasteiger partial charge in [0.05, 0.1) is 10.9 Å². The predicted molar refractivity (Wildman–Crippen MR) is 105 cm³/mol. The molecule has 6 nitrogen and oxygen atoms in total. The van der Waals surface area contributed by atoms with E-state index in [1.54, 1.807) is 26.0 Å². The molecule has 0 aromatic heterocycles. The molecule has 0 radical (unpaired) electrons. The number of sulfonamides is 1. The Kier molecular flexibility index (Phi) is 7.53. The zero-order chi connectivity index (χ0) is 20.7. The van der Waals surface area contributed by atoms with Gasteiger partial charge >= 0.3 is 0 Å². The van der Waals surface area contributed by atoms with E-state index in [-0.39, 0.29) is 29.3 Å². The minimum Gasteiger partial charge on any atom is -0.484 e. The number of amides is 1.